The maximum atomic E-state index is 13.2. The van der Waals surface area contributed by atoms with E-state index in [9.17, 15) is 4.79 Å². The molecule has 2 atom stereocenters. The van der Waals surface area contributed by atoms with E-state index in [4.69, 9.17) is 0 Å². The molecule has 0 aromatic heterocycles. The van der Waals surface area contributed by atoms with Crippen molar-refractivity contribution >= 4 is 5.91 Å². The predicted molar refractivity (Wildman–Crippen MR) is 99.0 cm³/mol. The zero-order valence-corrected chi connectivity index (χ0v) is 16.0. The Hall–Kier alpha value is -0.610. The minimum absolute atomic E-state index is 0.283. The molecule has 138 valence electrons. The molecule has 0 radical (unpaired) electrons. The van der Waals surface area contributed by atoms with Crippen molar-refractivity contribution in [2.75, 3.05) is 39.3 Å². The molecule has 0 aromatic carbocycles. The molecule has 0 aliphatic carbocycles. The highest BCUT2D eigenvalue weighted by Crippen LogP contribution is 2.32. The van der Waals surface area contributed by atoms with E-state index in [1.54, 1.807) is 0 Å². The molecule has 0 spiro atoms. The number of rotatable bonds is 5. The van der Waals surface area contributed by atoms with Gasteiger partial charge in [0.15, 0.2) is 0 Å². The number of carbonyl (C=O) groups excluding carboxylic acids is 1. The van der Waals surface area contributed by atoms with Crippen LogP contribution in [0.15, 0.2) is 0 Å². The molecule has 1 amide bonds. The Morgan fingerprint density at radius 2 is 1.62 bits per heavy atom. The van der Waals surface area contributed by atoms with Gasteiger partial charge < -0.3 is 9.80 Å². The third-order valence-electron chi connectivity index (χ3n) is 6.41. The van der Waals surface area contributed by atoms with Gasteiger partial charge in [0.25, 0.3) is 0 Å². The average molecular weight is 336 g/mol. The number of carbonyl (C=O) groups is 1. The Kier molecular flexibility index (Phi) is 6.20. The zero-order chi connectivity index (χ0) is 17.1. The minimum Gasteiger partial charge on any atom is -0.338 e. The SMILES string of the molecule is CCN1CCC[C@@H]1[C@H]1CCCN1C(=O)C1CCN(CC(C)C)CC1. The monoisotopic (exact) mass is 335 g/mol. The van der Waals surface area contributed by atoms with Gasteiger partial charge in [-0.3, -0.25) is 9.69 Å². The smallest absolute Gasteiger partial charge is 0.226 e. The molecule has 0 aromatic rings. The molecular weight excluding hydrogens is 298 g/mol. The van der Waals surface area contributed by atoms with Crippen molar-refractivity contribution in [3.63, 3.8) is 0 Å². The van der Waals surface area contributed by atoms with Gasteiger partial charge >= 0.3 is 0 Å². The molecule has 0 saturated carbocycles. The zero-order valence-electron chi connectivity index (χ0n) is 16.0. The molecule has 0 bridgehead atoms. The lowest BCUT2D eigenvalue weighted by molar-refractivity contribution is -0.139. The fourth-order valence-electron chi connectivity index (χ4n) is 5.26. The molecule has 24 heavy (non-hydrogen) atoms. The van der Waals surface area contributed by atoms with E-state index in [0.29, 0.717) is 18.0 Å². The number of likely N-dealkylation sites (N-methyl/N-ethyl adjacent to an activating group) is 1. The quantitative estimate of drug-likeness (QED) is 0.773. The average Bonchev–Trinajstić information content (AvgIpc) is 3.22. The molecule has 3 rings (SSSR count). The fraction of sp³-hybridized carbons (Fsp3) is 0.950. The van der Waals surface area contributed by atoms with Gasteiger partial charge in [-0.05, 0) is 70.6 Å². The van der Waals surface area contributed by atoms with Gasteiger partial charge in [-0.2, -0.15) is 0 Å². The molecule has 0 N–H and O–H groups in total. The fourth-order valence-corrected chi connectivity index (χ4v) is 5.26. The number of hydrogen-bond donors (Lipinski definition) is 0. The normalized spacial score (nSPS) is 30.6. The molecule has 3 aliphatic rings. The van der Waals surface area contributed by atoms with E-state index in [-0.39, 0.29) is 5.92 Å². The van der Waals surface area contributed by atoms with Gasteiger partial charge in [0, 0.05) is 31.1 Å². The van der Waals surface area contributed by atoms with Crippen LogP contribution >= 0.6 is 0 Å². The second-order valence-electron chi connectivity index (χ2n) is 8.55. The molecular formula is C20H37N3O. The second-order valence-corrected chi connectivity index (χ2v) is 8.55. The van der Waals surface area contributed by atoms with Crippen LogP contribution in [0.2, 0.25) is 0 Å². The first-order valence-corrected chi connectivity index (χ1v) is 10.4. The van der Waals surface area contributed by atoms with Crippen LogP contribution < -0.4 is 0 Å². The van der Waals surface area contributed by atoms with Crippen LogP contribution in [0.5, 0.6) is 0 Å². The van der Waals surface area contributed by atoms with Gasteiger partial charge in [-0.1, -0.05) is 20.8 Å². The van der Waals surface area contributed by atoms with E-state index in [0.717, 1.165) is 44.9 Å². The van der Waals surface area contributed by atoms with E-state index in [1.807, 2.05) is 0 Å². The van der Waals surface area contributed by atoms with Crippen molar-refractivity contribution < 1.29 is 4.79 Å². The summed E-state index contributed by atoms with van der Waals surface area (Å²) in [6.45, 7) is 13.6. The lowest BCUT2D eigenvalue weighted by atomic mass is 9.93. The Bertz CT molecular complexity index is 417. The van der Waals surface area contributed by atoms with Crippen LogP contribution in [0.3, 0.4) is 0 Å². The summed E-state index contributed by atoms with van der Waals surface area (Å²) in [6.07, 6.45) is 7.16. The molecule has 0 unspecified atom stereocenters. The molecule has 4 heteroatoms. The van der Waals surface area contributed by atoms with Crippen LogP contribution in [0, 0.1) is 11.8 Å². The summed E-state index contributed by atoms with van der Waals surface area (Å²) >= 11 is 0. The summed E-state index contributed by atoms with van der Waals surface area (Å²) in [6, 6.07) is 1.12. The van der Waals surface area contributed by atoms with Crippen LogP contribution in [0.1, 0.15) is 59.3 Å². The van der Waals surface area contributed by atoms with Gasteiger partial charge in [0.05, 0.1) is 0 Å². The Balaban J connectivity index is 1.56. The number of piperidine rings is 1. The molecule has 3 aliphatic heterocycles. The van der Waals surface area contributed by atoms with Crippen molar-refractivity contribution in [3.8, 4) is 0 Å². The van der Waals surface area contributed by atoms with Crippen LogP contribution in [-0.2, 0) is 4.79 Å². The van der Waals surface area contributed by atoms with E-state index in [2.05, 4.69) is 35.5 Å². The third kappa shape index (κ3) is 3.96. The lowest BCUT2D eigenvalue weighted by Gasteiger charge is -2.38. The molecule has 3 saturated heterocycles. The topological polar surface area (TPSA) is 26.8 Å². The van der Waals surface area contributed by atoms with Crippen molar-refractivity contribution in [3.05, 3.63) is 0 Å². The number of nitrogens with zero attached hydrogens (tertiary/aromatic N) is 3. The van der Waals surface area contributed by atoms with Crippen molar-refractivity contribution in [2.45, 2.75) is 71.4 Å². The predicted octanol–water partition coefficient (Wildman–Crippen LogP) is 2.83. The summed E-state index contributed by atoms with van der Waals surface area (Å²) in [5.41, 5.74) is 0. The lowest BCUT2D eigenvalue weighted by Crippen LogP contribution is -2.51. The van der Waals surface area contributed by atoms with Crippen LogP contribution in [-0.4, -0.2) is 72.0 Å². The third-order valence-corrected chi connectivity index (χ3v) is 6.41. The van der Waals surface area contributed by atoms with E-state index >= 15 is 0 Å². The van der Waals surface area contributed by atoms with Gasteiger partial charge in [0.2, 0.25) is 5.91 Å². The maximum Gasteiger partial charge on any atom is 0.226 e. The van der Waals surface area contributed by atoms with Crippen molar-refractivity contribution in [2.24, 2.45) is 11.8 Å². The maximum absolute atomic E-state index is 13.2. The first kappa shape index (κ1) is 18.2. The summed E-state index contributed by atoms with van der Waals surface area (Å²) in [5.74, 6) is 1.48. The highest BCUT2D eigenvalue weighted by molar-refractivity contribution is 5.79. The Morgan fingerprint density at radius 3 is 2.29 bits per heavy atom. The number of amides is 1. The largest absolute Gasteiger partial charge is 0.338 e. The van der Waals surface area contributed by atoms with E-state index in [1.165, 1.54) is 38.8 Å². The van der Waals surface area contributed by atoms with E-state index < -0.39 is 0 Å². The van der Waals surface area contributed by atoms with Gasteiger partial charge in [-0.25, -0.2) is 0 Å². The first-order valence-electron chi connectivity index (χ1n) is 10.4. The molecule has 3 fully saturated rings. The standard InChI is InChI=1S/C20H37N3O/c1-4-22-11-5-7-18(22)19-8-6-12-23(19)20(24)17-9-13-21(14-10-17)15-16(2)3/h16-19H,4-15H2,1-3H3/t18-,19-/m1/s1. The number of likely N-dealkylation sites (tertiary alicyclic amines) is 3. The van der Waals surface area contributed by atoms with Crippen LogP contribution in [0.4, 0.5) is 0 Å². The second kappa shape index (κ2) is 8.18. The summed E-state index contributed by atoms with van der Waals surface area (Å²) in [4.78, 5) is 20.6. The summed E-state index contributed by atoms with van der Waals surface area (Å²) in [7, 11) is 0. The van der Waals surface area contributed by atoms with Crippen molar-refractivity contribution in [1.82, 2.24) is 14.7 Å². The number of hydrogen-bond acceptors (Lipinski definition) is 3. The van der Waals surface area contributed by atoms with Gasteiger partial charge in [0.1, 0.15) is 0 Å². The summed E-state index contributed by atoms with van der Waals surface area (Å²) in [5, 5.41) is 0. The molecule has 4 nitrogen and oxygen atoms in total. The Morgan fingerprint density at radius 1 is 0.958 bits per heavy atom. The highest BCUT2D eigenvalue weighted by Gasteiger charge is 2.41. The summed E-state index contributed by atoms with van der Waals surface area (Å²) < 4.78 is 0. The van der Waals surface area contributed by atoms with Crippen molar-refractivity contribution in [1.29, 1.82) is 0 Å². The highest BCUT2D eigenvalue weighted by atomic mass is 16.2. The first-order chi connectivity index (χ1) is 11.6. The Labute approximate surface area is 148 Å². The van der Waals surface area contributed by atoms with Gasteiger partial charge in [-0.15, -0.1) is 0 Å². The molecule has 3 heterocycles. The van der Waals surface area contributed by atoms with Crippen LogP contribution in [0.25, 0.3) is 0 Å². The minimum atomic E-state index is 0.283.